The second kappa shape index (κ2) is 9.49. The molecule has 0 saturated carbocycles. The minimum Gasteiger partial charge on any atom is -0.378 e. The van der Waals surface area contributed by atoms with Gasteiger partial charge in [0.1, 0.15) is 0 Å². The summed E-state index contributed by atoms with van der Waals surface area (Å²) in [7, 11) is 2.06. The van der Waals surface area contributed by atoms with E-state index in [0.717, 1.165) is 84.4 Å². The summed E-state index contributed by atoms with van der Waals surface area (Å²) in [6.07, 6.45) is 1.70. The minimum absolute atomic E-state index is 0.128. The number of aliphatic imine (C=N–C) groups is 1. The van der Waals surface area contributed by atoms with Gasteiger partial charge < -0.3 is 30.1 Å². The molecule has 4 heterocycles. The zero-order chi connectivity index (χ0) is 23.8. The SMILES string of the molecule is CN1c2c(ccc3sc(C(=O)N4CCNCC4)cc23)C=NC1Nc1cccc(N2CCOCC2)c1. The van der Waals surface area contributed by atoms with Crippen molar-refractivity contribution in [1.82, 2.24) is 10.2 Å². The fraction of sp³-hybridized carbons (Fsp3) is 0.385. The van der Waals surface area contributed by atoms with E-state index in [1.54, 1.807) is 11.3 Å². The molecule has 0 bridgehead atoms. The molecule has 9 heteroatoms. The molecule has 1 aromatic heterocycles. The normalized spacial score (nSPS) is 20.3. The van der Waals surface area contributed by atoms with Crippen molar-refractivity contribution < 1.29 is 9.53 Å². The number of ether oxygens (including phenoxy) is 1. The molecule has 2 aromatic carbocycles. The van der Waals surface area contributed by atoms with Crippen molar-refractivity contribution in [3.8, 4) is 0 Å². The Kier molecular flexibility index (Phi) is 6.05. The van der Waals surface area contributed by atoms with Crippen molar-refractivity contribution in [1.29, 1.82) is 0 Å². The van der Waals surface area contributed by atoms with Crippen LogP contribution in [0.4, 0.5) is 17.1 Å². The van der Waals surface area contributed by atoms with Crippen LogP contribution < -0.4 is 20.4 Å². The number of amides is 1. The number of carbonyl (C=O) groups is 1. The molecule has 1 amide bonds. The molecule has 8 nitrogen and oxygen atoms in total. The maximum atomic E-state index is 13.1. The zero-order valence-corrected chi connectivity index (χ0v) is 20.7. The zero-order valence-electron chi connectivity index (χ0n) is 19.9. The van der Waals surface area contributed by atoms with E-state index in [1.165, 1.54) is 5.69 Å². The largest absolute Gasteiger partial charge is 0.378 e. The van der Waals surface area contributed by atoms with E-state index in [4.69, 9.17) is 9.73 Å². The molecular formula is C26H30N6O2S. The van der Waals surface area contributed by atoms with Gasteiger partial charge in [-0.2, -0.15) is 0 Å². The number of nitrogens with one attached hydrogen (secondary N) is 2. The number of nitrogens with zero attached hydrogens (tertiary/aromatic N) is 4. The first-order chi connectivity index (χ1) is 17.2. The molecule has 0 spiro atoms. The number of rotatable bonds is 4. The van der Waals surface area contributed by atoms with Crippen LogP contribution in [0.3, 0.4) is 0 Å². The summed E-state index contributed by atoms with van der Waals surface area (Å²) in [5, 5.41) is 8.01. The number of hydrogen-bond donors (Lipinski definition) is 2. The lowest BCUT2D eigenvalue weighted by Crippen LogP contribution is -2.46. The van der Waals surface area contributed by atoms with Crippen LogP contribution in [0, 0.1) is 0 Å². The molecule has 3 aliphatic rings. The van der Waals surface area contributed by atoms with Crippen molar-refractivity contribution in [2.24, 2.45) is 4.99 Å². The molecule has 2 saturated heterocycles. The fourth-order valence-corrected chi connectivity index (χ4v) is 6.04. The molecule has 6 rings (SSSR count). The number of anilines is 3. The van der Waals surface area contributed by atoms with Crippen LogP contribution in [-0.4, -0.2) is 82.8 Å². The number of carbonyl (C=O) groups excluding carboxylic acids is 1. The molecule has 1 unspecified atom stereocenters. The van der Waals surface area contributed by atoms with Crippen molar-refractivity contribution >= 4 is 50.6 Å². The Labute approximate surface area is 209 Å². The Hall–Kier alpha value is -3.14. The molecule has 0 aliphatic carbocycles. The van der Waals surface area contributed by atoms with Gasteiger partial charge in [-0.1, -0.05) is 6.07 Å². The van der Waals surface area contributed by atoms with Crippen LogP contribution >= 0.6 is 11.3 Å². The molecule has 3 aliphatic heterocycles. The van der Waals surface area contributed by atoms with Crippen LogP contribution in [0.2, 0.25) is 0 Å². The number of thiophene rings is 1. The highest BCUT2D eigenvalue weighted by molar-refractivity contribution is 7.20. The third-order valence-electron chi connectivity index (χ3n) is 6.91. The number of piperazine rings is 1. The van der Waals surface area contributed by atoms with Crippen LogP contribution in [0.5, 0.6) is 0 Å². The molecular weight excluding hydrogens is 460 g/mol. The summed E-state index contributed by atoms with van der Waals surface area (Å²) in [5.41, 5.74) is 4.39. The average Bonchev–Trinajstić information content (AvgIpc) is 3.35. The van der Waals surface area contributed by atoms with Crippen LogP contribution in [-0.2, 0) is 4.74 Å². The number of morpholine rings is 1. The summed E-state index contributed by atoms with van der Waals surface area (Å²) in [6.45, 7) is 6.56. The summed E-state index contributed by atoms with van der Waals surface area (Å²) in [5.74, 6) is 0.128. The summed E-state index contributed by atoms with van der Waals surface area (Å²) in [4.78, 5) is 25.2. The molecule has 0 radical (unpaired) electrons. The van der Waals surface area contributed by atoms with E-state index >= 15 is 0 Å². The van der Waals surface area contributed by atoms with Crippen molar-refractivity contribution in [2.75, 3.05) is 74.6 Å². The Bertz CT molecular complexity index is 1260. The molecule has 1 atom stereocenters. The van der Waals surface area contributed by atoms with Crippen LogP contribution in [0.25, 0.3) is 10.1 Å². The molecule has 3 aromatic rings. The van der Waals surface area contributed by atoms with Gasteiger partial charge in [0.15, 0.2) is 6.29 Å². The first-order valence-corrected chi connectivity index (χ1v) is 13.0. The Morgan fingerprint density at radius 1 is 1.11 bits per heavy atom. The van der Waals surface area contributed by atoms with Gasteiger partial charge in [0.05, 0.1) is 23.8 Å². The van der Waals surface area contributed by atoms with E-state index in [9.17, 15) is 4.79 Å². The monoisotopic (exact) mass is 490 g/mol. The smallest absolute Gasteiger partial charge is 0.264 e. The molecule has 182 valence electrons. The van der Waals surface area contributed by atoms with E-state index in [1.807, 2.05) is 11.1 Å². The lowest BCUT2D eigenvalue weighted by atomic mass is 10.1. The van der Waals surface area contributed by atoms with Gasteiger partial charge in [-0.25, -0.2) is 4.99 Å². The maximum absolute atomic E-state index is 13.1. The predicted octanol–water partition coefficient (Wildman–Crippen LogP) is 3.05. The Morgan fingerprint density at radius 3 is 2.77 bits per heavy atom. The van der Waals surface area contributed by atoms with Crippen LogP contribution in [0.15, 0.2) is 47.5 Å². The summed E-state index contributed by atoms with van der Waals surface area (Å²) < 4.78 is 6.62. The van der Waals surface area contributed by atoms with Gasteiger partial charge in [0.2, 0.25) is 0 Å². The highest BCUT2D eigenvalue weighted by atomic mass is 32.1. The number of hydrogen-bond acceptors (Lipinski definition) is 8. The summed E-state index contributed by atoms with van der Waals surface area (Å²) >= 11 is 1.58. The van der Waals surface area contributed by atoms with Gasteiger partial charge >= 0.3 is 0 Å². The van der Waals surface area contributed by atoms with E-state index in [2.05, 4.69) is 69.9 Å². The Balaban J connectivity index is 1.26. The molecule has 35 heavy (non-hydrogen) atoms. The predicted molar refractivity (Wildman–Crippen MR) is 143 cm³/mol. The lowest BCUT2D eigenvalue weighted by Gasteiger charge is -2.33. The lowest BCUT2D eigenvalue weighted by molar-refractivity contribution is 0.0741. The first kappa shape index (κ1) is 22.3. The minimum atomic E-state index is -0.236. The number of benzene rings is 2. The fourth-order valence-electron chi connectivity index (χ4n) is 5.01. The van der Waals surface area contributed by atoms with E-state index in [-0.39, 0.29) is 12.2 Å². The average molecular weight is 491 g/mol. The summed E-state index contributed by atoms with van der Waals surface area (Å²) in [6, 6.07) is 14.8. The first-order valence-electron chi connectivity index (χ1n) is 12.2. The standard InChI is InChI=1S/C26H30N6O2S/c1-30-24-18(5-6-22-21(24)16-23(35-22)25(33)32-9-7-27-8-10-32)17-28-26(30)29-19-3-2-4-20(15-19)31-11-13-34-14-12-31/h2-6,15-17,26-27,29H,7-14H2,1H3. The maximum Gasteiger partial charge on any atom is 0.264 e. The third-order valence-corrected chi connectivity index (χ3v) is 8.00. The van der Waals surface area contributed by atoms with Crippen molar-refractivity contribution in [3.63, 3.8) is 0 Å². The second-order valence-corrected chi connectivity index (χ2v) is 10.2. The Morgan fingerprint density at radius 2 is 1.94 bits per heavy atom. The highest BCUT2D eigenvalue weighted by Gasteiger charge is 2.26. The molecule has 2 N–H and O–H groups in total. The van der Waals surface area contributed by atoms with Gasteiger partial charge in [-0.05, 0) is 36.4 Å². The van der Waals surface area contributed by atoms with E-state index < -0.39 is 0 Å². The van der Waals surface area contributed by atoms with Gasteiger partial charge in [0, 0.05) is 79.6 Å². The second-order valence-electron chi connectivity index (χ2n) is 9.12. The van der Waals surface area contributed by atoms with Gasteiger partial charge in [0.25, 0.3) is 5.91 Å². The van der Waals surface area contributed by atoms with Gasteiger partial charge in [-0.3, -0.25) is 4.79 Å². The van der Waals surface area contributed by atoms with Gasteiger partial charge in [-0.15, -0.1) is 11.3 Å². The van der Waals surface area contributed by atoms with E-state index in [0.29, 0.717) is 0 Å². The quantitative estimate of drug-likeness (QED) is 0.586. The highest BCUT2D eigenvalue weighted by Crippen LogP contribution is 2.38. The van der Waals surface area contributed by atoms with Crippen LogP contribution in [0.1, 0.15) is 15.2 Å². The molecule has 2 fully saturated rings. The van der Waals surface area contributed by atoms with Crippen molar-refractivity contribution in [2.45, 2.75) is 6.29 Å². The topological polar surface area (TPSA) is 72.4 Å². The van der Waals surface area contributed by atoms with Crippen molar-refractivity contribution in [3.05, 3.63) is 52.9 Å². The number of fused-ring (bicyclic) bond motifs is 3. The third kappa shape index (κ3) is 4.35.